The fraction of sp³-hybridized carbons (Fsp3) is 0.474. The summed E-state index contributed by atoms with van der Waals surface area (Å²) in [6.45, 7) is 5.86. The highest BCUT2D eigenvalue weighted by atomic mass is 32.2. The molecule has 1 amide bonds. The van der Waals surface area contributed by atoms with Crippen LogP contribution in [-0.2, 0) is 17.8 Å². The van der Waals surface area contributed by atoms with Crippen molar-refractivity contribution in [2.24, 2.45) is 11.1 Å². The van der Waals surface area contributed by atoms with E-state index in [-0.39, 0.29) is 5.91 Å². The molecule has 0 aliphatic heterocycles. The highest BCUT2D eigenvalue weighted by molar-refractivity contribution is 7.98. The Morgan fingerprint density at radius 1 is 1.33 bits per heavy atom. The summed E-state index contributed by atoms with van der Waals surface area (Å²) >= 11 is 1.61. The summed E-state index contributed by atoms with van der Waals surface area (Å²) in [5.41, 5.74) is 1.50. The van der Waals surface area contributed by atoms with Gasteiger partial charge >= 0.3 is 0 Å². The average molecular weight is 390 g/mol. The maximum atomic E-state index is 12.2. The van der Waals surface area contributed by atoms with Crippen molar-refractivity contribution < 1.29 is 9.63 Å². The second-order valence-electron chi connectivity index (χ2n) is 6.51. The van der Waals surface area contributed by atoms with Crippen LogP contribution in [0.1, 0.15) is 42.0 Å². The number of carbonyl (C=O) groups excluding carboxylic acids is 1. The number of amides is 1. The van der Waals surface area contributed by atoms with Crippen LogP contribution < -0.4 is 5.32 Å². The van der Waals surface area contributed by atoms with E-state index < -0.39 is 0 Å². The molecular weight excluding hydrogens is 362 g/mol. The smallest absolute Gasteiger partial charge is 0.251 e. The van der Waals surface area contributed by atoms with Crippen molar-refractivity contribution in [1.29, 1.82) is 0 Å². The Bertz CT molecular complexity index is 756. The van der Waals surface area contributed by atoms with Crippen LogP contribution in [0, 0.1) is 5.92 Å². The Balaban J connectivity index is 1.83. The first-order chi connectivity index (χ1) is 13.0. The molecular formula is C19H27N5O2S. The Hall–Kier alpha value is -2.35. The van der Waals surface area contributed by atoms with Crippen molar-refractivity contribution in [3.63, 3.8) is 0 Å². The van der Waals surface area contributed by atoms with Gasteiger partial charge in [0.05, 0.1) is 6.21 Å². The SMILES string of the molecule is CO/N=C/c1ccc(C(=O)NCCCc2nnc(SC)n2CC(C)C)cc1. The summed E-state index contributed by atoms with van der Waals surface area (Å²) in [5, 5.41) is 16.1. The second kappa shape index (κ2) is 10.7. The summed E-state index contributed by atoms with van der Waals surface area (Å²) in [6, 6.07) is 7.21. The summed E-state index contributed by atoms with van der Waals surface area (Å²) in [4.78, 5) is 16.9. The molecule has 1 aromatic carbocycles. The fourth-order valence-corrected chi connectivity index (χ4v) is 3.11. The molecule has 0 aliphatic rings. The lowest BCUT2D eigenvalue weighted by Crippen LogP contribution is -2.25. The van der Waals surface area contributed by atoms with Gasteiger partial charge in [0, 0.05) is 25.1 Å². The van der Waals surface area contributed by atoms with E-state index in [4.69, 9.17) is 0 Å². The number of thioether (sulfide) groups is 1. The first kappa shape index (κ1) is 21.0. The highest BCUT2D eigenvalue weighted by Gasteiger charge is 2.12. The van der Waals surface area contributed by atoms with Crippen LogP contribution in [0.2, 0.25) is 0 Å². The number of benzene rings is 1. The molecule has 0 aliphatic carbocycles. The van der Waals surface area contributed by atoms with E-state index in [1.54, 1.807) is 30.1 Å². The molecule has 1 aromatic heterocycles. The molecule has 0 spiro atoms. The number of nitrogens with zero attached hydrogens (tertiary/aromatic N) is 4. The maximum Gasteiger partial charge on any atom is 0.251 e. The quantitative estimate of drug-likeness (QED) is 0.292. The first-order valence-corrected chi connectivity index (χ1v) is 10.2. The molecule has 0 fully saturated rings. The van der Waals surface area contributed by atoms with Crippen LogP contribution in [0.5, 0.6) is 0 Å². The van der Waals surface area contributed by atoms with Gasteiger partial charge in [-0.05, 0) is 36.3 Å². The van der Waals surface area contributed by atoms with Crippen molar-refractivity contribution >= 4 is 23.9 Å². The molecule has 1 N–H and O–H groups in total. The molecule has 0 radical (unpaired) electrons. The Morgan fingerprint density at radius 2 is 2.07 bits per heavy atom. The third-order valence-electron chi connectivity index (χ3n) is 3.87. The predicted molar refractivity (Wildman–Crippen MR) is 108 cm³/mol. The third-order valence-corrected chi connectivity index (χ3v) is 4.53. The van der Waals surface area contributed by atoms with Crippen molar-refractivity contribution in [1.82, 2.24) is 20.1 Å². The van der Waals surface area contributed by atoms with E-state index in [1.165, 1.54) is 7.11 Å². The molecule has 27 heavy (non-hydrogen) atoms. The zero-order chi connectivity index (χ0) is 19.6. The largest absolute Gasteiger partial charge is 0.399 e. The number of rotatable bonds is 10. The molecule has 7 nitrogen and oxygen atoms in total. The Morgan fingerprint density at radius 3 is 2.70 bits per heavy atom. The number of aromatic nitrogens is 3. The van der Waals surface area contributed by atoms with Crippen molar-refractivity contribution in [3.8, 4) is 0 Å². The lowest BCUT2D eigenvalue weighted by atomic mass is 10.1. The van der Waals surface area contributed by atoms with Gasteiger partial charge in [0.2, 0.25) is 0 Å². The van der Waals surface area contributed by atoms with Gasteiger partial charge in [0.15, 0.2) is 5.16 Å². The molecule has 2 rings (SSSR count). The molecule has 2 aromatic rings. The Labute approximate surface area is 164 Å². The molecule has 0 unspecified atom stereocenters. The number of carbonyl (C=O) groups is 1. The molecule has 0 atom stereocenters. The number of hydrogen-bond acceptors (Lipinski definition) is 6. The minimum Gasteiger partial charge on any atom is -0.399 e. The lowest BCUT2D eigenvalue weighted by molar-refractivity contribution is 0.0953. The number of nitrogens with one attached hydrogen (secondary N) is 1. The van der Waals surface area contributed by atoms with Crippen LogP contribution >= 0.6 is 11.8 Å². The molecule has 1 heterocycles. The molecule has 8 heteroatoms. The van der Waals surface area contributed by atoms with Crippen molar-refractivity contribution in [2.45, 2.75) is 38.4 Å². The van der Waals surface area contributed by atoms with Crippen LogP contribution in [-0.4, -0.2) is 46.8 Å². The predicted octanol–water partition coefficient (Wildman–Crippen LogP) is 3.00. The van der Waals surface area contributed by atoms with E-state index in [0.717, 1.165) is 35.9 Å². The van der Waals surface area contributed by atoms with Crippen LogP contribution in [0.3, 0.4) is 0 Å². The highest BCUT2D eigenvalue weighted by Crippen LogP contribution is 2.16. The zero-order valence-electron chi connectivity index (χ0n) is 16.3. The third kappa shape index (κ3) is 6.39. The van der Waals surface area contributed by atoms with Crippen LogP contribution in [0.4, 0.5) is 0 Å². The molecule has 0 saturated heterocycles. The number of oxime groups is 1. The minimum absolute atomic E-state index is 0.0846. The van der Waals surface area contributed by atoms with Gasteiger partial charge in [0.1, 0.15) is 12.9 Å². The monoisotopic (exact) mass is 389 g/mol. The second-order valence-corrected chi connectivity index (χ2v) is 7.28. The maximum absolute atomic E-state index is 12.2. The topological polar surface area (TPSA) is 81.4 Å². The lowest BCUT2D eigenvalue weighted by Gasteiger charge is -2.11. The minimum atomic E-state index is -0.0846. The summed E-state index contributed by atoms with van der Waals surface area (Å²) < 4.78 is 2.18. The van der Waals surface area contributed by atoms with Gasteiger partial charge in [-0.15, -0.1) is 10.2 Å². The van der Waals surface area contributed by atoms with Gasteiger partial charge in [0.25, 0.3) is 5.91 Å². The van der Waals surface area contributed by atoms with Gasteiger partial charge in [-0.1, -0.05) is 42.9 Å². The Kier molecular flexibility index (Phi) is 8.32. The summed E-state index contributed by atoms with van der Waals surface area (Å²) in [6.07, 6.45) is 5.21. The van der Waals surface area contributed by atoms with Gasteiger partial charge < -0.3 is 14.7 Å². The van der Waals surface area contributed by atoms with E-state index in [1.807, 2.05) is 18.4 Å². The van der Waals surface area contributed by atoms with E-state index in [0.29, 0.717) is 18.0 Å². The van der Waals surface area contributed by atoms with E-state index in [9.17, 15) is 4.79 Å². The zero-order valence-corrected chi connectivity index (χ0v) is 17.1. The fourth-order valence-electron chi connectivity index (χ4n) is 2.59. The van der Waals surface area contributed by atoms with Crippen LogP contribution in [0.15, 0.2) is 34.6 Å². The normalized spacial score (nSPS) is 11.3. The van der Waals surface area contributed by atoms with Crippen molar-refractivity contribution in [3.05, 3.63) is 41.2 Å². The van der Waals surface area contributed by atoms with E-state index in [2.05, 4.69) is 43.9 Å². The molecule has 0 saturated carbocycles. The summed E-state index contributed by atoms with van der Waals surface area (Å²) in [5.74, 6) is 1.42. The molecule has 146 valence electrons. The molecule has 0 bridgehead atoms. The van der Waals surface area contributed by atoms with Crippen molar-refractivity contribution in [2.75, 3.05) is 19.9 Å². The summed E-state index contributed by atoms with van der Waals surface area (Å²) in [7, 11) is 1.49. The number of hydrogen-bond donors (Lipinski definition) is 1. The van der Waals surface area contributed by atoms with Gasteiger partial charge in [-0.3, -0.25) is 4.79 Å². The standard InChI is InChI=1S/C19H27N5O2S/c1-14(2)13-24-17(22-23-19(24)27-4)6-5-11-20-18(25)16-9-7-15(8-10-16)12-21-26-3/h7-10,12,14H,5-6,11,13H2,1-4H3,(H,20,25)/b21-12+. The first-order valence-electron chi connectivity index (χ1n) is 8.96. The van der Waals surface area contributed by atoms with Gasteiger partial charge in [-0.2, -0.15) is 0 Å². The van der Waals surface area contributed by atoms with Gasteiger partial charge in [-0.25, -0.2) is 0 Å². The van der Waals surface area contributed by atoms with E-state index >= 15 is 0 Å². The average Bonchev–Trinajstić information content (AvgIpc) is 3.04. The van der Waals surface area contributed by atoms with Crippen LogP contribution in [0.25, 0.3) is 0 Å². The number of aryl methyl sites for hydroxylation is 1.